The topological polar surface area (TPSA) is 61.3 Å². The van der Waals surface area contributed by atoms with Crippen molar-refractivity contribution in [1.29, 1.82) is 0 Å². The molecular weight excluding hydrogens is 408 g/mol. The minimum atomic E-state index is -0.0925. The van der Waals surface area contributed by atoms with Crippen LogP contribution in [0.15, 0.2) is 52.9 Å². The van der Waals surface area contributed by atoms with E-state index in [0.29, 0.717) is 12.5 Å². The number of rotatable bonds is 4. The van der Waals surface area contributed by atoms with Gasteiger partial charge in [-0.15, -0.1) is 12.4 Å². The lowest BCUT2D eigenvalue weighted by atomic mass is 9.41. The molecular formula is C26H31ClN2O2. The van der Waals surface area contributed by atoms with Gasteiger partial charge in [-0.25, -0.2) is 4.98 Å². The van der Waals surface area contributed by atoms with Gasteiger partial charge in [0, 0.05) is 16.5 Å². The number of hydrogen-bond acceptors (Lipinski definition) is 4. The summed E-state index contributed by atoms with van der Waals surface area (Å²) in [5, 5.41) is 0. The Balaban J connectivity index is 0.00000204. The van der Waals surface area contributed by atoms with Gasteiger partial charge in [0.15, 0.2) is 5.58 Å². The van der Waals surface area contributed by atoms with Gasteiger partial charge in [-0.2, -0.15) is 0 Å². The third kappa shape index (κ3) is 3.06. The Morgan fingerprint density at radius 2 is 1.68 bits per heavy atom. The zero-order valence-electron chi connectivity index (χ0n) is 18.3. The molecule has 2 aromatic carbocycles. The lowest BCUT2D eigenvalue weighted by molar-refractivity contribution is -0.252. The number of hydrogen-bond donors (Lipinski definition) is 1. The lowest BCUT2D eigenvalue weighted by Crippen LogP contribution is -2.74. The lowest BCUT2D eigenvalue weighted by Gasteiger charge is -2.69. The molecule has 2 N–H and O–H groups in total. The molecule has 4 saturated carbocycles. The Bertz CT molecular complexity index is 1060. The molecule has 164 valence electrons. The Morgan fingerprint density at radius 1 is 1.00 bits per heavy atom. The van der Waals surface area contributed by atoms with Crippen molar-refractivity contribution >= 4 is 23.5 Å². The van der Waals surface area contributed by atoms with E-state index >= 15 is 0 Å². The van der Waals surface area contributed by atoms with Crippen LogP contribution in [0.5, 0.6) is 0 Å². The van der Waals surface area contributed by atoms with Crippen LogP contribution in [-0.4, -0.2) is 16.1 Å². The molecule has 4 aliphatic rings. The highest BCUT2D eigenvalue weighted by atomic mass is 35.5. The molecule has 1 heterocycles. The van der Waals surface area contributed by atoms with Gasteiger partial charge in [0.2, 0.25) is 5.89 Å². The quantitative estimate of drug-likeness (QED) is 0.533. The van der Waals surface area contributed by atoms with Crippen LogP contribution in [0.1, 0.15) is 51.5 Å². The molecule has 4 fully saturated rings. The molecule has 2 atom stereocenters. The van der Waals surface area contributed by atoms with Crippen LogP contribution < -0.4 is 5.73 Å². The minimum Gasteiger partial charge on any atom is -0.436 e. The molecule has 4 nitrogen and oxygen atoms in total. The third-order valence-electron chi connectivity index (χ3n) is 8.60. The SMILES string of the molecule is CC1(C)C2(N)CC3CC(C2)CC1(OCc1ccc(-c2nc4ccccc4o2)cc1)C3.Cl. The Kier molecular flexibility index (Phi) is 4.78. The van der Waals surface area contributed by atoms with E-state index in [-0.39, 0.29) is 29.0 Å². The van der Waals surface area contributed by atoms with E-state index in [9.17, 15) is 0 Å². The third-order valence-corrected chi connectivity index (χ3v) is 8.60. The van der Waals surface area contributed by atoms with E-state index in [2.05, 4.69) is 43.1 Å². The first kappa shape index (κ1) is 21.0. The average molecular weight is 439 g/mol. The van der Waals surface area contributed by atoms with Gasteiger partial charge in [0.25, 0.3) is 0 Å². The van der Waals surface area contributed by atoms with Gasteiger partial charge in [-0.3, -0.25) is 0 Å². The van der Waals surface area contributed by atoms with E-state index in [4.69, 9.17) is 14.9 Å². The molecule has 0 amide bonds. The monoisotopic (exact) mass is 438 g/mol. The zero-order valence-corrected chi connectivity index (χ0v) is 19.1. The van der Waals surface area contributed by atoms with Gasteiger partial charge >= 0.3 is 0 Å². The molecule has 1 aromatic heterocycles. The van der Waals surface area contributed by atoms with Crippen LogP contribution in [0.3, 0.4) is 0 Å². The summed E-state index contributed by atoms with van der Waals surface area (Å²) < 4.78 is 12.7. The van der Waals surface area contributed by atoms with Crippen molar-refractivity contribution in [3.8, 4) is 11.5 Å². The van der Waals surface area contributed by atoms with Gasteiger partial charge in [0.05, 0.1) is 12.2 Å². The fraction of sp³-hybridized carbons (Fsp3) is 0.500. The van der Waals surface area contributed by atoms with E-state index < -0.39 is 0 Å². The van der Waals surface area contributed by atoms with E-state index in [0.717, 1.165) is 41.3 Å². The largest absolute Gasteiger partial charge is 0.436 e. The number of oxazole rings is 1. The maximum atomic E-state index is 6.97. The summed E-state index contributed by atoms with van der Waals surface area (Å²) in [5.74, 6) is 2.13. The first-order valence-corrected chi connectivity index (χ1v) is 11.3. The second kappa shape index (κ2) is 7.06. The second-order valence-electron chi connectivity index (χ2n) is 10.5. The number of nitrogens with two attached hydrogens (primary N) is 1. The number of nitrogens with zero attached hydrogens (tertiary/aromatic N) is 1. The number of ether oxygens (including phenoxy) is 1. The Labute approximate surface area is 190 Å². The van der Waals surface area contributed by atoms with Crippen LogP contribution in [0.2, 0.25) is 0 Å². The highest BCUT2D eigenvalue weighted by Crippen LogP contribution is 2.66. The summed E-state index contributed by atoms with van der Waals surface area (Å²) in [6.07, 6.45) is 6.01. The molecule has 4 aliphatic carbocycles. The second-order valence-corrected chi connectivity index (χ2v) is 10.5. The average Bonchev–Trinajstić information content (AvgIpc) is 3.15. The molecule has 0 spiro atoms. The van der Waals surface area contributed by atoms with Crippen LogP contribution in [-0.2, 0) is 11.3 Å². The highest BCUT2D eigenvalue weighted by molar-refractivity contribution is 5.85. The van der Waals surface area contributed by atoms with Crippen molar-refractivity contribution in [2.24, 2.45) is 23.0 Å². The van der Waals surface area contributed by atoms with Crippen molar-refractivity contribution in [3.63, 3.8) is 0 Å². The van der Waals surface area contributed by atoms with Gasteiger partial charge in [-0.1, -0.05) is 38.1 Å². The minimum absolute atomic E-state index is 0. The summed E-state index contributed by atoms with van der Waals surface area (Å²) in [7, 11) is 0. The summed E-state index contributed by atoms with van der Waals surface area (Å²) in [5.41, 5.74) is 10.7. The number of benzene rings is 2. The summed E-state index contributed by atoms with van der Waals surface area (Å²) >= 11 is 0. The first-order chi connectivity index (χ1) is 14.4. The Morgan fingerprint density at radius 3 is 2.35 bits per heavy atom. The number of para-hydroxylation sites is 2. The molecule has 4 bridgehead atoms. The zero-order chi connectivity index (χ0) is 20.6. The molecule has 3 aromatic rings. The van der Waals surface area contributed by atoms with Crippen LogP contribution in [0.25, 0.3) is 22.6 Å². The predicted octanol–water partition coefficient (Wildman–Crippen LogP) is 6.12. The van der Waals surface area contributed by atoms with Gasteiger partial charge in [-0.05, 0) is 73.8 Å². The van der Waals surface area contributed by atoms with Crippen LogP contribution in [0.4, 0.5) is 0 Å². The molecule has 0 aliphatic heterocycles. The Hall–Kier alpha value is -1.88. The van der Waals surface area contributed by atoms with E-state index in [1.54, 1.807) is 0 Å². The molecule has 5 heteroatoms. The molecule has 31 heavy (non-hydrogen) atoms. The van der Waals surface area contributed by atoms with E-state index in [1.165, 1.54) is 24.8 Å². The molecule has 0 saturated heterocycles. The number of fused-ring (bicyclic) bond motifs is 1. The first-order valence-electron chi connectivity index (χ1n) is 11.3. The fourth-order valence-electron chi connectivity index (χ4n) is 6.81. The molecule has 0 radical (unpaired) electrons. The van der Waals surface area contributed by atoms with Crippen LogP contribution in [0, 0.1) is 17.3 Å². The summed E-state index contributed by atoms with van der Waals surface area (Å²) in [4.78, 5) is 4.60. The maximum Gasteiger partial charge on any atom is 0.227 e. The highest BCUT2D eigenvalue weighted by Gasteiger charge is 2.67. The maximum absolute atomic E-state index is 6.97. The standard InChI is InChI=1S/C26H30N2O2.ClH/c1-24(2)25(27)12-18-11-19(13-25)15-26(24,14-18)29-16-17-7-9-20(10-8-17)23-28-21-5-3-4-6-22(21)30-23;/h3-10,18-19H,11-16,27H2,1-2H3;1H. The van der Waals surface area contributed by atoms with Crippen LogP contribution >= 0.6 is 12.4 Å². The number of aromatic nitrogens is 1. The van der Waals surface area contributed by atoms with Crippen molar-refractivity contribution in [3.05, 3.63) is 54.1 Å². The van der Waals surface area contributed by atoms with Crippen molar-refractivity contribution in [1.82, 2.24) is 4.98 Å². The van der Waals surface area contributed by atoms with Gasteiger partial charge in [0.1, 0.15) is 5.52 Å². The van der Waals surface area contributed by atoms with Crippen molar-refractivity contribution < 1.29 is 9.15 Å². The normalized spacial score (nSPS) is 32.9. The number of halogens is 1. The van der Waals surface area contributed by atoms with Gasteiger partial charge < -0.3 is 14.9 Å². The predicted molar refractivity (Wildman–Crippen MR) is 125 cm³/mol. The van der Waals surface area contributed by atoms with Crippen molar-refractivity contribution in [2.75, 3.05) is 0 Å². The fourth-order valence-corrected chi connectivity index (χ4v) is 6.81. The smallest absolute Gasteiger partial charge is 0.227 e. The van der Waals surface area contributed by atoms with E-state index in [1.807, 2.05) is 24.3 Å². The molecule has 2 unspecified atom stereocenters. The summed E-state index contributed by atoms with van der Waals surface area (Å²) in [6.45, 7) is 5.33. The van der Waals surface area contributed by atoms with Crippen molar-refractivity contribution in [2.45, 2.75) is 63.7 Å². The summed E-state index contributed by atoms with van der Waals surface area (Å²) in [6, 6.07) is 16.3. The molecule has 7 rings (SSSR count).